The summed E-state index contributed by atoms with van der Waals surface area (Å²) in [6.45, 7) is 10.7. The molecule has 0 amide bonds. The van der Waals surface area contributed by atoms with E-state index in [4.69, 9.17) is 0 Å². The Hall–Kier alpha value is -0.340. The predicted molar refractivity (Wildman–Crippen MR) is 64.7 cm³/mol. The zero-order valence-corrected chi connectivity index (χ0v) is 10.1. The highest BCUT2D eigenvalue weighted by atomic mass is 15.2. The van der Waals surface area contributed by atoms with Gasteiger partial charge in [-0.2, -0.15) is 0 Å². The lowest BCUT2D eigenvalue weighted by atomic mass is 10.3. The summed E-state index contributed by atoms with van der Waals surface area (Å²) in [6, 6.07) is 0. The van der Waals surface area contributed by atoms with E-state index in [1.165, 1.54) is 25.9 Å². The van der Waals surface area contributed by atoms with Crippen LogP contribution >= 0.6 is 0 Å². The van der Waals surface area contributed by atoms with Crippen LogP contribution in [0.1, 0.15) is 26.2 Å². The van der Waals surface area contributed by atoms with Crippen molar-refractivity contribution in [2.45, 2.75) is 26.2 Å². The van der Waals surface area contributed by atoms with Crippen LogP contribution in [-0.4, -0.2) is 50.1 Å². The predicted octanol–water partition coefficient (Wildman–Crippen LogP) is 2.23. The first-order valence-electron chi connectivity index (χ1n) is 5.68. The second-order valence-corrected chi connectivity index (χ2v) is 4.04. The van der Waals surface area contributed by atoms with Gasteiger partial charge in [0, 0.05) is 19.6 Å². The van der Waals surface area contributed by atoms with Gasteiger partial charge in [0.1, 0.15) is 0 Å². The zero-order chi connectivity index (χ0) is 10.8. The molecule has 2 nitrogen and oxygen atoms in total. The van der Waals surface area contributed by atoms with Crippen LogP contribution in [0.5, 0.6) is 0 Å². The number of hydrogen-bond acceptors (Lipinski definition) is 2. The maximum Gasteiger partial charge on any atom is 0.0106 e. The highest BCUT2D eigenvalue weighted by molar-refractivity contribution is 4.68. The molecule has 0 unspecified atom stereocenters. The van der Waals surface area contributed by atoms with Crippen LogP contribution < -0.4 is 0 Å². The standard InChI is InChI=1S/C12H26N2/c1-5-7-9-13(3)11-12-14(4)10-8-6-2/h5H,1,6-12H2,2-4H3. The first kappa shape index (κ1) is 13.7. The van der Waals surface area contributed by atoms with E-state index < -0.39 is 0 Å². The molecule has 0 heterocycles. The van der Waals surface area contributed by atoms with Gasteiger partial charge in [0.25, 0.3) is 0 Å². The molecule has 0 aliphatic heterocycles. The Morgan fingerprint density at radius 1 is 1.00 bits per heavy atom. The van der Waals surface area contributed by atoms with Gasteiger partial charge in [-0.05, 0) is 33.5 Å². The Kier molecular flexibility index (Phi) is 9.00. The van der Waals surface area contributed by atoms with Crippen LogP contribution in [0.2, 0.25) is 0 Å². The summed E-state index contributed by atoms with van der Waals surface area (Å²) in [5, 5.41) is 0. The molecule has 0 aromatic rings. The molecule has 0 radical (unpaired) electrons. The first-order valence-corrected chi connectivity index (χ1v) is 5.68. The van der Waals surface area contributed by atoms with Crippen molar-refractivity contribution in [3.63, 3.8) is 0 Å². The van der Waals surface area contributed by atoms with Crippen molar-refractivity contribution in [2.75, 3.05) is 40.3 Å². The fraction of sp³-hybridized carbons (Fsp3) is 0.833. The van der Waals surface area contributed by atoms with E-state index in [1.807, 2.05) is 6.08 Å². The van der Waals surface area contributed by atoms with E-state index in [2.05, 4.69) is 37.4 Å². The van der Waals surface area contributed by atoms with E-state index in [0.717, 1.165) is 19.5 Å². The third-order valence-corrected chi connectivity index (χ3v) is 2.47. The second kappa shape index (κ2) is 9.22. The molecule has 0 atom stereocenters. The minimum atomic E-state index is 1.09. The smallest absolute Gasteiger partial charge is 0.0106 e. The Balaban J connectivity index is 3.35. The normalized spacial score (nSPS) is 11.2. The number of hydrogen-bond donors (Lipinski definition) is 0. The molecule has 0 spiro atoms. The van der Waals surface area contributed by atoms with Crippen molar-refractivity contribution in [2.24, 2.45) is 0 Å². The van der Waals surface area contributed by atoms with Gasteiger partial charge in [-0.1, -0.05) is 19.4 Å². The molecule has 0 aliphatic rings. The van der Waals surface area contributed by atoms with Crippen LogP contribution in [0, 0.1) is 0 Å². The third-order valence-electron chi connectivity index (χ3n) is 2.47. The van der Waals surface area contributed by atoms with Crippen LogP contribution in [0.25, 0.3) is 0 Å². The van der Waals surface area contributed by atoms with Crippen molar-refractivity contribution >= 4 is 0 Å². The van der Waals surface area contributed by atoms with Gasteiger partial charge in [-0.15, -0.1) is 6.58 Å². The van der Waals surface area contributed by atoms with Crippen LogP contribution in [-0.2, 0) is 0 Å². The average Bonchev–Trinajstić information content (AvgIpc) is 2.20. The molecule has 0 saturated carbocycles. The molecule has 84 valence electrons. The molecule has 0 aromatic carbocycles. The maximum absolute atomic E-state index is 3.73. The number of nitrogens with zero attached hydrogens (tertiary/aromatic N) is 2. The zero-order valence-electron chi connectivity index (χ0n) is 10.1. The first-order chi connectivity index (χ1) is 6.70. The van der Waals surface area contributed by atoms with E-state index in [9.17, 15) is 0 Å². The summed E-state index contributed by atoms with van der Waals surface area (Å²) in [5.41, 5.74) is 0. The van der Waals surface area contributed by atoms with E-state index in [0.29, 0.717) is 0 Å². The van der Waals surface area contributed by atoms with Crippen molar-refractivity contribution in [1.29, 1.82) is 0 Å². The number of unbranched alkanes of at least 4 members (excludes halogenated alkanes) is 1. The van der Waals surface area contributed by atoms with Crippen molar-refractivity contribution < 1.29 is 0 Å². The summed E-state index contributed by atoms with van der Waals surface area (Å²) in [6.07, 6.45) is 5.68. The lowest BCUT2D eigenvalue weighted by molar-refractivity contribution is 0.257. The van der Waals surface area contributed by atoms with Gasteiger partial charge in [-0.25, -0.2) is 0 Å². The lowest BCUT2D eigenvalue weighted by Gasteiger charge is -2.21. The van der Waals surface area contributed by atoms with Crippen LogP contribution in [0.4, 0.5) is 0 Å². The van der Waals surface area contributed by atoms with E-state index in [1.54, 1.807) is 0 Å². The minimum absolute atomic E-state index is 1.09. The molecule has 0 bridgehead atoms. The molecule has 2 heteroatoms. The highest BCUT2D eigenvalue weighted by Gasteiger charge is 2.00. The summed E-state index contributed by atoms with van der Waals surface area (Å²) >= 11 is 0. The van der Waals surface area contributed by atoms with Gasteiger partial charge in [-0.3, -0.25) is 0 Å². The van der Waals surface area contributed by atoms with Crippen molar-refractivity contribution in [3.8, 4) is 0 Å². The SMILES string of the molecule is C=CCCN(C)CCN(C)CCCC. The third kappa shape index (κ3) is 8.27. The largest absolute Gasteiger partial charge is 0.305 e. The second-order valence-electron chi connectivity index (χ2n) is 4.04. The molecule has 14 heavy (non-hydrogen) atoms. The number of likely N-dealkylation sites (N-methyl/N-ethyl adjacent to an activating group) is 2. The Morgan fingerprint density at radius 3 is 2.07 bits per heavy atom. The molecule has 0 saturated heterocycles. The maximum atomic E-state index is 3.73. The van der Waals surface area contributed by atoms with Gasteiger partial charge in [0.2, 0.25) is 0 Å². The van der Waals surface area contributed by atoms with Crippen molar-refractivity contribution in [3.05, 3.63) is 12.7 Å². The van der Waals surface area contributed by atoms with Gasteiger partial charge in [0.15, 0.2) is 0 Å². The Bertz CT molecular complexity index is 134. The quantitative estimate of drug-likeness (QED) is 0.524. The Labute approximate surface area is 89.6 Å². The van der Waals surface area contributed by atoms with Crippen molar-refractivity contribution in [1.82, 2.24) is 9.80 Å². The summed E-state index contributed by atoms with van der Waals surface area (Å²) in [7, 11) is 4.38. The van der Waals surface area contributed by atoms with Crippen LogP contribution in [0.3, 0.4) is 0 Å². The number of rotatable bonds is 9. The summed E-state index contributed by atoms with van der Waals surface area (Å²) < 4.78 is 0. The summed E-state index contributed by atoms with van der Waals surface area (Å²) in [5.74, 6) is 0. The monoisotopic (exact) mass is 198 g/mol. The molecule has 0 aromatic heterocycles. The van der Waals surface area contributed by atoms with E-state index in [-0.39, 0.29) is 0 Å². The van der Waals surface area contributed by atoms with Gasteiger partial charge < -0.3 is 9.80 Å². The van der Waals surface area contributed by atoms with E-state index >= 15 is 0 Å². The van der Waals surface area contributed by atoms with Gasteiger partial charge in [0.05, 0.1) is 0 Å². The summed E-state index contributed by atoms with van der Waals surface area (Å²) in [4.78, 5) is 4.78. The molecule has 0 aliphatic carbocycles. The average molecular weight is 198 g/mol. The topological polar surface area (TPSA) is 6.48 Å². The molecular formula is C12H26N2. The molecule has 0 N–H and O–H groups in total. The minimum Gasteiger partial charge on any atom is -0.305 e. The lowest BCUT2D eigenvalue weighted by Crippen LogP contribution is -2.31. The fourth-order valence-electron chi connectivity index (χ4n) is 1.30. The highest BCUT2D eigenvalue weighted by Crippen LogP contribution is 1.93. The van der Waals surface area contributed by atoms with Gasteiger partial charge >= 0.3 is 0 Å². The molecular weight excluding hydrogens is 172 g/mol. The molecule has 0 fully saturated rings. The Morgan fingerprint density at radius 2 is 1.57 bits per heavy atom. The van der Waals surface area contributed by atoms with Crippen LogP contribution in [0.15, 0.2) is 12.7 Å². The fourth-order valence-corrected chi connectivity index (χ4v) is 1.30. The molecule has 0 rings (SSSR count).